The van der Waals surface area contributed by atoms with Gasteiger partial charge >= 0.3 is 18.3 Å². The average molecular weight is 443 g/mol. The maximum Gasteiger partial charge on any atom is 0.471 e. The summed E-state index contributed by atoms with van der Waals surface area (Å²) in [7, 11) is 0. The highest BCUT2D eigenvalue weighted by atomic mass is 19.4. The third-order valence-corrected chi connectivity index (χ3v) is 4.39. The molecule has 164 valence electrons. The largest absolute Gasteiger partial charge is 0.471 e. The highest BCUT2D eigenvalue weighted by Gasteiger charge is 2.43. The number of nitrogens with zero attached hydrogens (tertiary/aromatic N) is 3. The molecular weight excluding hydrogens is 428 g/mol. The lowest BCUT2D eigenvalue weighted by Crippen LogP contribution is -2.42. The highest BCUT2D eigenvalue weighted by Crippen LogP contribution is 2.32. The molecule has 31 heavy (non-hydrogen) atoms. The van der Waals surface area contributed by atoms with Crippen molar-refractivity contribution in [2.45, 2.75) is 25.2 Å². The van der Waals surface area contributed by atoms with Gasteiger partial charge in [-0.15, -0.1) is 0 Å². The lowest BCUT2D eigenvalue weighted by molar-refractivity contribution is -0.170. The van der Waals surface area contributed by atoms with Gasteiger partial charge in [0.25, 0.3) is 0 Å². The molecule has 0 bridgehead atoms. The third kappa shape index (κ3) is 5.41. The van der Waals surface area contributed by atoms with E-state index in [9.17, 15) is 31.1 Å². The van der Waals surface area contributed by atoms with Crippen molar-refractivity contribution in [1.82, 2.24) is 10.1 Å². The summed E-state index contributed by atoms with van der Waals surface area (Å²) < 4.78 is 82.2. The molecule has 0 radical (unpaired) electrons. The van der Waals surface area contributed by atoms with Crippen LogP contribution in [0.5, 0.6) is 0 Å². The Bertz CT molecular complexity index is 1010. The molecule has 0 aliphatic carbocycles. The summed E-state index contributed by atoms with van der Waals surface area (Å²) >= 11 is 0. The SMILES string of the molecule is O=C(N(CCCc1cnoc1-c1ccc(C(F)(F)F)cc1)c1cccnc1)C(F)(F)F. The summed E-state index contributed by atoms with van der Waals surface area (Å²) in [6, 6.07) is 6.99. The Balaban J connectivity index is 1.73. The van der Waals surface area contributed by atoms with Crippen molar-refractivity contribution >= 4 is 11.6 Å². The lowest BCUT2D eigenvalue weighted by Gasteiger charge is -2.23. The average Bonchev–Trinajstić information content (AvgIpc) is 3.19. The number of pyridine rings is 1. The molecule has 0 spiro atoms. The first-order valence-corrected chi connectivity index (χ1v) is 8.97. The Morgan fingerprint density at radius 3 is 2.29 bits per heavy atom. The Morgan fingerprint density at radius 1 is 1.00 bits per heavy atom. The normalized spacial score (nSPS) is 12.1. The van der Waals surface area contributed by atoms with E-state index in [1.165, 1.54) is 36.7 Å². The second-order valence-electron chi connectivity index (χ2n) is 6.52. The maximum atomic E-state index is 13.0. The molecule has 1 amide bonds. The van der Waals surface area contributed by atoms with Gasteiger partial charge in [0.2, 0.25) is 0 Å². The van der Waals surface area contributed by atoms with Gasteiger partial charge in [-0.05, 0) is 37.1 Å². The van der Waals surface area contributed by atoms with E-state index < -0.39 is 23.8 Å². The van der Waals surface area contributed by atoms with Crippen LogP contribution in [0.25, 0.3) is 11.3 Å². The van der Waals surface area contributed by atoms with Crippen molar-refractivity contribution in [1.29, 1.82) is 0 Å². The van der Waals surface area contributed by atoms with Gasteiger partial charge in [-0.1, -0.05) is 17.3 Å². The van der Waals surface area contributed by atoms with E-state index in [0.717, 1.165) is 18.3 Å². The molecule has 0 unspecified atom stereocenters. The number of hydrogen-bond acceptors (Lipinski definition) is 4. The number of alkyl halides is 6. The number of aryl methyl sites for hydroxylation is 1. The maximum absolute atomic E-state index is 13.0. The first-order valence-electron chi connectivity index (χ1n) is 8.97. The predicted octanol–water partition coefficient (Wildman–Crippen LogP) is 5.28. The first kappa shape index (κ1) is 22.3. The second kappa shape index (κ2) is 8.78. The van der Waals surface area contributed by atoms with Crippen LogP contribution in [0.3, 0.4) is 0 Å². The van der Waals surface area contributed by atoms with E-state index in [0.29, 0.717) is 16.0 Å². The molecule has 0 N–H and O–H groups in total. The van der Waals surface area contributed by atoms with Crippen LogP contribution in [0.1, 0.15) is 17.5 Å². The van der Waals surface area contributed by atoms with Gasteiger partial charge in [-0.3, -0.25) is 9.78 Å². The zero-order chi connectivity index (χ0) is 22.6. The van der Waals surface area contributed by atoms with Gasteiger partial charge in [0.05, 0.1) is 23.6 Å². The number of aromatic nitrogens is 2. The van der Waals surface area contributed by atoms with Gasteiger partial charge in [-0.25, -0.2) is 0 Å². The van der Waals surface area contributed by atoms with E-state index in [1.54, 1.807) is 0 Å². The van der Waals surface area contributed by atoms with Gasteiger partial charge in [-0.2, -0.15) is 26.3 Å². The molecular formula is C20H15F6N3O2. The number of benzene rings is 1. The molecule has 2 aromatic heterocycles. The van der Waals surface area contributed by atoms with Crippen molar-refractivity contribution in [3.05, 3.63) is 66.1 Å². The van der Waals surface area contributed by atoms with Crippen LogP contribution in [0.15, 0.2) is 59.5 Å². The monoisotopic (exact) mass is 443 g/mol. The molecule has 11 heteroatoms. The van der Waals surface area contributed by atoms with E-state index >= 15 is 0 Å². The third-order valence-electron chi connectivity index (χ3n) is 4.39. The molecule has 0 atom stereocenters. The van der Waals surface area contributed by atoms with Gasteiger partial charge in [0.15, 0.2) is 5.76 Å². The molecule has 0 saturated heterocycles. The summed E-state index contributed by atoms with van der Waals surface area (Å²) in [5, 5.41) is 3.63. The minimum Gasteiger partial charge on any atom is -0.356 e. The molecule has 0 aliphatic rings. The van der Waals surface area contributed by atoms with E-state index in [2.05, 4.69) is 10.1 Å². The van der Waals surface area contributed by atoms with Gasteiger partial charge < -0.3 is 9.42 Å². The molecule has 0 fully saturated rings. The van der Waals surface area contributed by atoms with Crippen LogP contribution >= 0.6 is 0 Å². The minimum absolute atomic E-state index is 0.00175. The summed E-state index contributed by atoms with van der Waals surface area (Å²) in [6.07, 6.45) is -5.38. The molecule has 0 aliphatic heterocycles. The number of halogens is 6. The number of carbonyl (C=O) groups excluding carboxylic acids is 1. The second-order valence-corrected chi connectivity index (χ2v) is 6.52. The fourth-order valence-electron chi connectivity index (χ4n) is 2.93. The summed E-state index contributed by atoms with van der Waals surface area (Å²) in [5.41, 5.74) is 0.00883. The van der Waals surface area contributed by atoms with Crippen molar-refractivity contribution < 1.29 is 35.7 Å². The Morgan fingerprint density at radius 2 is 1.71 bits per heavy atom. The molecule has 3 rings (SSSR count). The summed E-state index contributed by atoms with van der Waals surface area (Å²) in [4.78, 5) is 16.1. The Kier molecular flexibility index (Phi) is 6.32. The molecule has 1 aromatic carbocycles. The molecule has 0 saturated carbocycles. The fraction of sp³-hybridized carbons (Fsp3) is 0.250. The van der Waals surface area contributed by atoms with Crippen molar-refractivity contribution in [2.24, 2.45) is 0 Å². The molecule has 2 heterocycles. The van der Waals surface area contributed by atoms with Crippen molar-refractivity contribution in [3.8, 4) is 11.3 Å². The number of hydrogen-bond donors (Lipinski definition) is 0. The standard InChI is InChI=1S/C20H15F6N3O2/c21-19(22,23)15-7-5-13(6-8-15)17-14(11-28-31-17)3-2-10-29(18(30)20(24,25)26)16-4-1-9-27-12-16/h1,4-9,11-12H,2-3,10H2. The Labute approximate surface area is 172 Å². The van der Waals surface area contributed by atoms with Crippen LogP contribution in [0, 0.1) is 0 Å². The quantitative estimate of drug-likeness (QED) is 0.486. The van der Waals surface area contributed by atoms with Crippen LogP contribution in [-0.4, -0.2) is 28.8 Å². The van der Waals surface area contributed by atoms with E-state index in [1.807, 2.05) is 0 Å². The zero-order valence-electron chi connectivity index (χ0n) is 15.7. The number of amides is 1. The Hall–Kier alpha value is -3.37. The van der Waals surface area contributed by atoms with Crippen LogP contribution < -0.4 is 4.90 Å². The summed E-state index contributed by atoms with van der Waals surface area (Å²) in [5.74, 6) is -1.81. The minimum atomic E-state index is -5.06. The molecule has 3 aromatic rings. The smallest absolute Gasteiger partial charge is 0.356 e. The lowest BCUT2D eigenvalue weighted by atomic mass is 10.0. The van der Waals surface area contributed by atoms with Crippen LogP contribution in [-0.2, 0) is 17.4 Å². The van der Waals surface area contributed by atoms with Crippen LogP contribution in [0.4, 0.5) is 32.0 Å². The predicted molar refractivity (Wildman–Crippen MR) is 97.9 cm³/mol. The number of carbonyl (C=O) groups is 1. The van der Waals surface area contributed by atoms with Crippen molar-refractivity contribution in [3.63, 3.8) is 0 Å². The first-order chi connectivity index (χ1) is 14.6. The topological polar surface area (TPSA) is 59.2 Å². The highest BCUT2D eigenvalue weighted by molar-refractivity contribution is 5.97. The van der Waals surface area contributed by atoms with E-state index in [4.69, 9.17) is 4.52 Å². The number of anilines is 1. The van der Waals surface area contributed by atoms with Crippen molar-refractivity contribution in [2.75, 3.05) is 11.4 Å². The van der Waals surface area contributed by atoms with E-state index in [-0.39, 0.29) is 30.8 Å². The number of rotatable bonds is 6. The van der Waals surface area contributed by atoms with Gasteiger partial charge in [0, 0.05) is 23.9 Å². The van der Waals surface area contributed by atoms with Gasteiger partial charge in [0.1, 0.15) is 0 Å². The molecule has 5 nitrogen and oxygen atoms in total. The fourth-order valence-corrected chi connectivity index (χ4v) is 2.93. The zero-order valence-corrected chi connectivity index (χ0v) is 15.7. The summed E-state index contributed by atoms with van der Waals surface area (Å²) in [6.45, 7) is -0.262. The van der Waals surface area contributed by atoms with Crippen LogP contribution in [0.2, 0.25) is 0 Å².